The second-order valence-corrected chi connectivity index (χ2v) is 16.2. The SMILES string of the molecule is CCCCCCCCCOC(=O)C1CC2OC2CC1C(=O)OCCCCCCCCCOC(=O)C1CC2OC2CC1C(=O)OCCCCCCCCC. The fourth-order valence-electron chi connectivity index (χ4n) is 8.21. The number of hydrogen-bond acceptors (Lipinski definition) is 10. The largest absolute Gasteiger partial charge is 0.465 e. The van der Waals surface area contributed by atoms with Crippen molar-refractivity contribution in [3.05, 3.63) is 0 Å². The summed E-state index contributed by atoms with van der Waals surface area (Å²) in [5.74, 6) is -3.05. The maximum atomic E-state index is 13.0. The van der Waals surface area contributed by atoms with Gasteiger partial charge in [-0.2, -0.15) is 0 Å². The molecule has 0 radical (unpaired) electrons. The lowest BCUT2D eigenvalue weighted by atomic mass is 9.79. The van der Waals surface area contributed by atoms with Gasteiger partial charge in [0.2, 0.25) is 0 Å². The predicted octanol–water partition coefficient (Wildman–Crippen LogP) is 8.98. The Kier molecular flexibility index (Phi) is 20.6. The number of epoxide rings is 2. The number of ether oxygens (including phenoxy) is 6. The summed E-state index contributed by atoms with van der Waals surface area (Å²) in [5, 5.41) is 0. The molecule has 10 heteroatoms. The van der Waals surface area contributed by atoms with Crippen molar-refractivity contribution in [2.75, 3.05) is 26.4 Å². The molecule has 8 unspecified atom stereocenters. The van der Waals surface area contributed by atoms with Crippen molar-refractivity contribution in [3.8, 4) is 0 Å². The van der Waals surface area contributed by atoms with E-state index in [9.17, 15) is 19.2 Å². The molecule has 2 saturated heterocycles. The zero-order chi connectivity index (χ0) is 37.7. The molecule has 0 aromatic carbocycles. The smallest absolute Gasteiger partial charge is 0.309 e. The molecule has 2 aliphatic carbocycles. The van der Waals surface area contributed by atoms with Gasteiger partial charge in [0.15, 0.2) is 0 Å². The van der Waals surface area contributed by atoms with E-state index >= 15 is 0 Å². The van der Waals surface area contributed by atoms with E-state index in [1.165, 1.54) is 64.2 Å². The lowest BCUT2D eigenvalue weighted by molar-refractivity contribution is -0.162. The molecule has 2 saturated carbocycles. The minimum Gasteiger partial charge on any atom is -0.465 e. The quantitative estimate of drug-likeness (QED) is 0.0304. The zero-order valence-electron chi connectivity index (χ0n) is 33.2. The fourth-order valence-corrected chi connectivity index (χ4v) is 8.21. The lowest BCUT2D eigenvalue weighted by Crippen LogP contribution is -2.37. The average molecular weight is 749 g/mol. The van der Waals surface area contributed by atoms with Crippen LogP contribution in [0, 0.1) is 23.7 Å². The van der Waals surface area contributed by atoms with Gasteiger partial charge >= 0.3 is 23.9 Å². The van der Waals surface area contributed by atoms with Crippen LogP contribution in [-0.4, -0.2) is 74.7 Å². The second kappa shape index (κ2) is 25.1. The first-order valence-electron chi connectivity index (χ1n) is 21.9. The number of unbranched alkanes of at least 4 members (excludes halogenated alkanes) is 18. The average Bonchev–Trinajstić information content (AvgIpc) is 4.10. The molecule has 0 bridgehead atoms. The summed E-state index contributed by atoms with van der Waals surface area (Å²) in [4.78, 5) is 51.7. The lowest BCUT2D eigenvalue weighted by Gasteiger charge is -2.26. The third kappa shape index (κ3) is 16.2. The Morgan fingerprint density at radius 2 is 0.566 bits per heavy atom. The number of esters is 4. The van der Waals surface area contributed by atoms with E-state index in [0.29, 0.717) is 52.1 Å². The van der Waals surface area contributed by atoms with E-state index in [2.05, 4.69) is 13.8 Å². The van der Waals surface area contributed by atoms with Crippen molar-refractivity contribution in [2.45, 2.75) is 199 Å². The minimum atomic E-state index is -0.481. The molecule has 0 N–H and O–H groups in total. The maximum absolute atomic E-state index is 13.0. The normalized spacial score (nSPS) is 26.9. The molecule has 4 aliphatic rings. The van der Waals surface area contributed by atoms with Crippen LogP contribution in [0.4, 0.5) is 0 Å². The Morgan fingerprint density at radius 1 is 0.358 bits per heavy atom. The molecule has 2 aliphatic heterocycles. The Hall–Kier alpha value is -2.20. The summed E-state index contributed by atoms with van der Waals surface area (Å²) in [7, 11) is 0. The van der Waals surface area contributed by atoms with Crippen LogP contribution in [0.3, 0.4) is 0 Å². The van der Waals surface area contributed by atoms with Crippen LogP contribution < -0.4 is 0 Å². The van der Waals surface area contributed by atoms with Crippen LogP contribution in [0.2, 0.25) is 0 Å². The second-order valence-electron chi connectivity index (χ2n) is 16.2. The molecule has 0 aromatic rings. The van der Waals surface area contributed by atoms with Gasteiger partial charge < -0.3 is 28.4 Å². The predicted molar refractivity (Wildman–Crippen MR) is 202 cm³/mol. The summed E-state index contributed by atoms with van der Waals surface area (Å²) in [6.45, 7) is 5.98. The van der Waals surface area contributed by atoms with Gasteiger partial charge in [-0.1, -0.05) is 123 Å². The van der Waals surface area contributed by atoms with Gasteiger partial charge in [0.05, 0.1) is 74.5 Å². The van der Waals surface area contributed by atoms with E-state index in [0.717, 1.165) is 70.6 Å². The van der Waals surface area contributed by atoms with Crippen LogP contribution in [0.1, 0.15) is 174 Å². The topological polar surface area (TPSA) is 130 Å². The van der Waals surface area contributed by atoms with Crippen LogP contribution in [0.15, 0.2) is 0 Å². The summed E-state index contributed by atoms with van der Waals surface area (Å²) in [6, 6.07) is 0. The van der Waals surface area contributed by atoms with E-state index in [-0.39, 0.29) is 48.3 Å². The standard InChI is InChI=1S/C43H72O10/c1-3-5-7-9-12-16-20-24-48-40(44)32-28-36-38(52-36)30-34(32)42(46)50-26-22-18-14-11-15-19-23-27-51-43(47)35-31-39-37(53-39)29-33(35)41(45)49-25-21-17-13-10-8-6-4-2/h32-39H,3-31H2,1-2H3. The van der Waals surface area contributed by atoms with Crippen molar-refractivity contribution in [2.24, 2.45) is 23.7 Å². The van der Waals surface area contributed by atoms with Crippen LogP contribution in [-0.2, 0) is 47.6 Å². The maximum Gasteiger partial charge on any atom is 0.309 e. The van der Waals surface area contributed by atoms with Gasteiger partial charge in [-0.05, 0) is 51.4 Å². The molecule has 53 heavy (non-hydrogen) atoms. The first-order valence-corrected chi connectivity index (χ1v) is 21.9. The molecule has 0 spiro atoms. The Morgan fingerprint density at radius 3 is 0.792 bits per heavy atom. The van der Waals surface area contributed by atoms with E-state index < -0.39 is 23.7 Å². The van der Waals surface area contributed by atoms with Gasteiger partial charge in [-0.25, -0.2) is 0 Å². The van der Waals surface area contributed by atoms with Crippen molar-refractivity contribution < 1.29 is 47.6 Å². The summed E-state index contributed by atoms with van der Waals surface area (Å²) in [5.41, 5.74) is 0. The molecular formula is C43H72O10. The highest BCUT2D eigenvalue weighted by Gasteiger charge is 2.54. The highest BCUT2D eigenvalue weighted by atomic mass is 16.6. The number of carbonyl (C=O) groups is 4. The number of carbonyl (C=O) groups excluding carboxylic acids is 4. The van der Waals surface area contributed by atoms with Crippen LogP contribution >= 0.6 is 0 Å². The van der Waals surface area contributed by atoms with Crippen LogP contribution in [0.5, 0.6) is 0 Å². The highest BCUT2D eigenvalue weighted by molar-refractivity contribution is 5.83. The van der Waals surface area contributed by atoms with Crippen molar-refractivity contribution in [1.29, 1.82) is 0 Å². The molecule has 4 fully saturated rings. The molecule has 304 valence electrons. The van der Waals surface area contributed by atoms with E-state index in [1.807, 2.05) is 0 Å². The van der Waals surface area contributed by atoms with Crippen molar-refractivity contribution in [1.82, 2.24) is 0 Å². The summed E-state index contributed by atoms with van der Waals surface area (Å²) >= 11 is 0. The first-order chi connectivity index (χ1) is 25.9. The van der Waals surface area contributed by atoms with Crippen molar-refractivity contribution in [3.63, 3.8) is 0 Å². The Balaban J connectivity index is 0.991. The first kappa shape index (κ1) is 43.5. The van der Waals surface area contributed by atoms with Gasteiger partial charge in [-0.3, -0.25) is 19.2 Å². The van der Waals surface area contributed by atoms with Gasteiger partial charge in [0.25, 0.3) is 0 Å². The monoisotopic (exact) mass is 749 g/mol. The third-order valence-electron chi connectivity index (χ3n) is 11.8. The Bertz CT molecular complexity index is 997. The minimum absolute atomic E-state index is 0.0701. The number of hydrogen-bond donors (Lipinski definition) is 0. The molecule has 10 nitrogen and oxygen atoms in total. The van der Waals surface area contributed by atoms with Crippen molar-refractivity contribution >= 4 is 23.9 Å². The summed E-state index contributed by atoms with van der Waals surface area (Å²) < 4.78 is 33.8. The molecule has 0 aromatic heterocycles. The van der Waals surface area contributed by atoms with E-state index in [4.69, 9.17) is 28.4 Å². The highest BCUT2D eigenvalue weighted by Crippen LogP contribution is 2.45. The zero-order valence-corrected chi connectivity index (χ0v) is 33.2. The fraction of sp³-hybridized carbons (Fsp3) is 0.907. The molecule has 4 rings (SSSR count). The third-order valence-corrected chi connectivity index (χ3v) is 11.8. The number of rotatable bonds is 30. The Labute approximate surface area is 319 Å². The molecule has 0 amide bonds. The van der Waals surface area contributed by atoms with Gasteiger partial charge in [0, 0.05) is 0 Å². The molecule has 8 atom stereocenters. The summed E-state index contributed by atoms with van der Waals surface area (Å²) in [6.07, 6.45) is 25.4. The van der Waals surface area contributed by atoms with Gasteiger partial charge in [-0.15, -0.1) is 0 Å². The van der Waals surface area contributed by atoms with Crippen LogP contribution in [0.25, 0.3) is 0 Å². The van der Waals surface area contributed by atoms with E-state index in [1.54, 1.807) is 0 Å². The van der Waals surface area contributed by atoms with Gasteiger partial charge in [0.1, 0.15) is 0 Å². The number of fused-ring (bicyclic) bond motifs is 2. The molecular weight excluding hydrogens is 676 g/mol. The molecule has 2 heterocycles.